The lowest BCUT2D eigenvalue weighted by atomic mass is 10.0. The fourth-order valence-corrected chi connectivity index (χ4v) is 2.69. The summed E-state index contributed by atoms with van der Waals surface area (Å²) < 4.78 is 18.7. The van der Waals surface area contributed by atoms with Gasteiger partial charge in [-0.05, 0) is 24.7 Å². The number of morpholine rings is 1. The Kier molecular flexibility index (Phi) is 6.65. The molecule has 1 aromatic rings. The van der Waals surface area contributed by atoms with Crippen LogP contribution in [0.4, 0.5) is 4.39 Å². The smallest absolute Gasteiger partial charge is 0.206 e. The minimum absolute atomic E-state index is 0.0999. The van der Waals surface area contributed by atoms with Crippen molar-refractivity contribution in [3.63, 3.8) is 0 Å². The maximum Gasteiger partial charge on any atom is 0.206 e. The predicted molar refractivity (Wildman–Crippen MR) is 87.3 cm³/mol. The molecule has 1 aliphatic heterocycles. The largest absolute Gasteiger partial charge is 0.374 e. The fraction of sp³-hybridized carbons (Fsp3) is 0.529. The average Bonchev–Trinajstić information content (AvgIpc) is 2.61. The molecule has 128 valence electrons. The van der Waals surface area contributed by atoms with Crippen molar-refractivity contribution < 1.29 is 9.13 Å². The van der Waals surface area contributed by atoms with Crippen LogP contribution in [0.1, 0.15) is 5.56 Å². The van der Waals surface area contributed by atoms with Gasteiger partial charge in [0.25, 0.3) is 0 Å². The molecule has 0 spiro atoms. The van der Waals surface area contributed by atoms with E-state index >= 15 is 0 Å². The van der Waals surface area contributed by atoms with Gasteiger partial charge in [0.05, 0.1) is 12.7 Å². The molecule has 0 bridgehead atoms. The zero-order chi connectivity index (χ0) is 17.4. The number of benzene rings is 1. The summed E-state index contributed by atoms with van der Waals surface area (Å²) in [6, 6.07) is 10.5. The topological polar surface area (TPSA) is 84.1 Å². The van der Waals surface area contributed by atoms with Crippen molar-refractivity contribution in [1.29, 1.82) is 10.5 Å². The third kappa shape index (κ3) is 4.98. The Morgan fingerprint density at radius 3 is 2.67 bits per heavy atom. The summed E-state index contributed by atoms with van der Waals surface area (Å²) in [6.45, 7) is 3.46. The predicted octanol–water partition coefficient (Wildman–Crippen LogP) is 0.621. The first-order valence-corrected chi connectivity index (χ1v) is 7.91. The van der Waals surface area contributed by atoms with Gasteiger partial charge in [-0.1, -0.05) is 12.1 Å². The SMILES string of the molecule is CNCC(C#N)(C#N)NCC1CN(Cc2ccc(F)cc2)CCO1. The molecule has 0 amide bonds. The van der Waals surface area contributed by atoms with Gasteiger partial charge in [-0.25, -0.2) is 4.39 Å². The Morgan fingerprint density at radius 2 is 2.04 bits per heavy atom. The molecule has 1 atom stereocenters. The van der Waals surface area contributed by atoms with Crippen LogP contribution in [0, 0.1) is 28.5 Å². The highest BCUT2D eigenvalue weighted by Crippen LogP contribution is 2.12. The zero-order valence-electron chi connectivity index (χ0n) is 13.8. The minimum atomic E-state index is -1.25. The lowest BCUT2D eigenvalue weighted by Gasteiger charge is -2.34. The summed E-state index contributed by atoms with van der Waals surface area (Å²) in [6.07, 6.45) is -0.0999. The third-order valence-corrected chi connectivity index (χ3v) is 4.00. The van der Waals surface area contributed by atoms with Crippen LogP contribution >= 0.6 is 0 Å². The summed E-state index contributed by atoms with van der Waals surface area (Å²) in [7, 11) is 1.70. The Hall–Kier alpha value is -2.03. The van der Waals surface area contributed by atoms with Crippen molar-refractivity contribution >= 4 is 0 Å². The number of nitriles is 2. The van der Waals surface area contributed by atoms with E-state index in [1.165, 1.54) is 12.1 Å². The number of hydrogen-bond acceptors (Lipinski definition) is 6. The number of rotatable bonds is 7. The molecule has 2 N–H and O–H groups in total. The van der Waals surface area contributed by atoms with E-state index in [1.807, 2.05) is 12.1 Å². The number of ether oxygens (including phenoxy) is 1. The number of halogens is 1. The van der Waals surface area contributed by atoms with Crippen LogP contribution in [0.2, 0.25) is 0 Å². The van der Waals surface area contributed by atoms with Crippen molar-refractivity contribution in [3.05, 3.63) is 35.6 Å². The normalized spacial score (nSPS) is 18.8. The molecule has 7 heteroatoms. The Labute approximate surface area is 141 Å². The molecular weight excluding hydrogens is 309 g/mol. The molecule has 1 unspecified atom stereocenters. The van der Waals surface area contributed by atoms with Gasteiger partial charge >= 0.3 is 0 Å². The summed E-state index contributed by atoms with van der Waals surface area (Å²) in [5, 5.41) is 24.4. The Morgan fingerprint density at radius 1 is 1.33 bits per heavy atom. The van der Waals surface area contributed by atoms with Crippen LogP contribution in [-0.4, -0.2) is 56.4 Å². The Balaban J connectivity index is 1.88. The molecule has 1 aliphatic rings. The van der Waals surface area contributed by atoms with Crippen LogP contribution < -0.4 is 10.6 Å². The van der Waals surface area contributed by atoms with Crippen LogP contribution in [-0.2, 0) is 11.3 Å². The van der Waals surface area contributed by atoms with Crippen molar-refractivity contribution in [2.24, 2.45) is 0 Å². The van der Waals surface area contributed by atoms with Gasteiger partial charge in [-0.2, -0.15) is 10.5 Å². The first-order valence-electron chi connectivity index (χ1n) is 7.91. The molecule has 6 nitrogen and oxygen atoms in total. The second-order valence-electron chi connectivity index (χ2n) is 5.89. The summed E-state index contributed by atoms with van der Waals surface area (Å²) in [4.78, 5) is 2.22. The molecule has 1 fully saturated rings. The van der Waals surface area contributed by atoms with Crippen molar-refractivity contribution in [3.8, 4) is 12.1 Å². The average molecular weight is 331 g/mol. The third-order valence-electron chi connectivity index (χ3n) is 4.00. The molecule has 1 heterocycles. The van der Waals surface area contributed by atoms with E-state index in [-0.39, 0.29) is 18.5 Å². The molecule has 0 aliphatic carbocycles. The maximum absolute atomic E-state index is 13.0. The summed E-state index contributed by atoms with van der Waals surface area (Å²) in [5.41, 5.74) is -0.208. The van der Waals surface area contributed by atoms with E-state index < -0.39 is 5.54 Å². The van der Waals surface area contributed by atoms with Crippen molar-refractivity contribution in [1.82, 2.24) is 15.5 Å². The summed E-state index contributed by atoms with van der Waals surface area (Å²) in [5.74, 6) is -0.239. The lowest BCUT2D eigenvalue weighted by molar-refractivity contribution is -0.0312. The maximum atomic E-state index is 13.0. The van der Waals surface area contributed by atoms with E-state index in [9.17, 15) is 14.9 Å². The van der Waals surface area contributed by atoms with E-state index in [0.717, 1.165) is 18.7 Å². The highest BCUT2D eigenvalue weighted by atomic mass is 19.1. The van der Waals surface area contributed by atoms with Gasteiger partial charge in [0.1, 0.15) is 18.0 Å². The van der Waals surface area contributed by atoms with Crippen LogP contribution in [0.5, 0.6) is 0 Å². The van der Waals surface area contributed by atoms with Gasteiger partial charge in [0.2, 0.25) is 5.54 Å². The zero-order valence-corrected chi connectivity index (χ0v) is 13.8. The number of nitrogens with zero attached hydrogens (tertiary/aromatic N) is 3. The van der Waals surface area contributed by atoms with Crippen molar-refractivity contribution in [2.45, 2.75) is 18.2 Å². The standard InChI is InChI=1S/C17H22FN5O/c1-21-13-17(11-19,12-20)22-8-16-10-23(6-7-24-16)9-14-2-4-15(18)5-3-14/h2-5,16,21-22H,6-10,13H2,1H3. The number of nitrogens with one attached hydrogen (secondary N) is 2. The first-order chi connectivity index (χ1) is 11.6. The molecule has 0 aromatic heterocycles. The fourth-order valence-electron chi connectivity index (χ4n) is 2.69. The van der Waals surface area contributed by atoms with Gasteiger partial charge < -0.3 is 10.1 Å². The molecule has 1 saturated heterocycles. The Bertz CT molecular complexity index is 593. The summed E-state index contributed by atoms with van der Waals surface area (Å²) >= 11 is 0. The van der Waals surface area contributed by atoms with Crippen LogP contribution in [0.3, 0.4) is 0 Å². The van der Waals surface area contributed by atoms with Gasteiger partial charge in [0.15, 0.2) is 0 Å². The molecule has 0 saturated carbocycles. The van der Waals surface area contributed by atoms with Gasteiger partial charge in [-0.15, -0.1) is 0 Å². The van der Waals surface area contributed by atoms with Crippen molar-refractivity contribution in [2.75, 3.05) is 39.8 Å². The lowest BCUT2D eigenvalue weighted by Crippen LogP contribution is -2.55. The highest BCUT2D eigenvalue weighted by Gasteiger charge is 2.31. The van der Waals surface area contributed by atoms with Crippen LogP contribution in [0.25, 0.3) is 0 Å². The first kappa shape index (κ1) is 18.3. The molecule has 1 aromatic carbocycles. The van der Waals surface area contributed by atoms with E-state index in [0.29, 0.717) is 19.7 Å². The second kappa shape index (κ2) is 8.72. The van der Waals surface area contributed by atoms with E-state index in [4.69, 9.17) is 4.74 Å². The van der Waals surface area contributed by atoms with Gasteiger partial charge in [-0.3, -0.25) is 10.2 Å². The molecule has 24 heavy (non-hydrogen) atoms. The van der Waals surface area contributed by atoms with Crippen LogP contribution in [0.15, 0.2) is 24.3 Å². The molecular formula is C17H22FN5O. The number of likely N-dealkylation sites (N-methyl/N-ethyl adjacent to an activating group) is 1. The molecule has 0 radical (unpaired) electrons. The minimum Gasteiger partial charge on any atom is -0.374 e. The molecule has 2 rings (SSSR count). The van der Waals surface area contributed by atoms with Gasteiger partial charge in [0, 0.05) is 32.7 Å². The second-order valence-corrected chi connectivity index (χ2v) is 5.89. The van der Waals surface area contributed by atoms with E-state index in [2.05, 4.69) is 15.5 Å². The quantitative estimate of drug-likeness (QED) is 0.762. The highest BCUT2D eigenvalue weighted by molar-refractivity contribution is 5.23. The number of hydrogen-bond donors (Lipinski definition) is 2. The monoisotopic (exact) mass is 331 g/mol. The van der Waals surface area contributed by atoms with E-state index in [1.54, 1.807) is 19.2 Å².